The molecule has 1 nitrogen and oxygen atoms in total. The molecule has 0 heterocycles. The van der Waals surface area contributed by atoms with E-state index in [1.54, 1.807) is 0 Å². The maximum Gasteiger partial charge on any atom is 0.00670 e. The average Bonchev–Trinajstić information content (AvgIpc) is 2.29. The molecular formula is C14H29N. The highest BCUT2D eigenvalue weighted by molar-refractivity contribution is 4.71. The van der Waals surface area contributed by atoms with E-state index in [9.17, 15) is 0 Å². The summed E-state index contributed by atoms with van der Waals surface area (Å²) in [7, 11) is 0. The first kappa shape index (κ1) is 13.0. The topological polar surface area (TPSA) is 12.0 Å². The van der Waals surface area contributed by atoms with Gasteiger partial charge in [0.15, 0.2) is 0 Å². The number of nitrogens with one attached hydrogen (secondary N) is 1. The zero-order chi connectivity index (χ0) is 10.8. The first-order valence-electron chi connectivity index (χ1n) is 7.17. The number of hydrogen-bond acceptors (Lipinski definition) is 1. The molecule has 0 atom stereocenters. The lowest BCUT2D eigenvalue weighted by molar-refractivity contribution is 0.370. The monoisotopic (exact) mass is 211 g/mol. The van der Waals surface area contributed by atoms with E-state index < -0.39 is 0 Å². The van der Waals surface area contributed by atoms with Crippen molar-refractivity contribution >= 4 is 0 Å². The molecule has 0 aromatic rings. The molecule has 0 aromatic carbocycles. The molecule has 0 aliphatic heterocycles. The van der Waals surface area contributed by atoms with Gasteiger partial charge in [0.2, 0.25) is 0 Å². The van der Waals surface area contributed by atoms with Crippen LogP contribution in [0.4, 0.5) is 0 Å². The number of unbranched alkanes of at least 4 members (excludes halogenated alkanes) is 5. The summed E-state index contributed by atoms with van der Waals surface area (Å²) in [5, 5.41) is 3.71. The van der Waals surface area contributed by atoms with Crippen molar-refractivity contribution in [1.82, 2.24) is 5.32 Å². The van der Waals surface area contributed by atoms with Gasteiger partial charge in [0.1, 0.15) is 0 Å². The summed E-state index contributed by atoms with van der Waals surface area (Å²) in [6, 6.07) is 0.856. The van der Waals surface area contributed by atoms with Gasteiger partial charge < -0.3 is 5.32 Å². The van der Waals surface area contributed by atoms with E-state index >= 15 is 0 Å². The van der Waals surface area contributed by atoms with E-state index in [1.807, 2.05) is 0 Å². The maximum absolute atomic E-state index is 3.71. The van der Waals surface area contributed by atoms with Crippen LogP contribution in [0.5, 0.6) is 0 Å². The highest BCUT2D eigenvalue weighted by Crippen LogP contribution is 2.17. The molecule has 0 saturated heterocycles. The second-order valence-electron chi connectivity index (χ2n) is 5.06. The molecule has 1 saturated carbocycles. The van der Waals surface area contributed by atoms with E-state index in [4.69, 9.17) is 0 Å². The van der Waals surface area contributed by atoms with Crippen LogP contribution in [0.1, 0.15) is 77.6 Å². The van der Waals surface area contributed by atoms with Crippen LogP contribution in [0.3, 0.4) is 0 Å². The molecule has 1 fully saturated rings. The zero-order valence-electron chi connectivity index (χ0n) is 10.6. The smallest absolute Gasteiger partial charge is 0.00670 e. The van der Waals surface area contributed by atoms with Gasteiger partial charge >= 0.3 is 0 Å². The third-order valence-corrected chi connectivity index (χ3v) is 3.57. The van der Waals surface area contributed by atoms with Crippen molar-refractivity contribution in [2.75, 3.05) is 6.54 Å². The Morgan fingerprint density at radius 2 is 1.53 bits per heavy atom. The standard InChI is InChI=1S/C14H29N/c1-2-3-4-5-6-10-13-15-14-11-8-7-9-12-14/h14-15H,2-13H2,1H3. The minimum Gasteiger partial charge on any atom is -0.314 e. The Hall–Kier alpha value is -0.0400. The summed E-state index contributed by atoms with van der Waals surface area (Å²) in [6.07, 6.45) is 15.7. The van der Waals surface area contributed by atoms with Gasteiger partial charge in [-0.1, -0.05) is 58.3 Å². The Bertz CT molecular complexity index is 127. The minimum atomic E-state index is 0.856. The third-order valence-electron chi connectivity index (χ3n) is 3.57. The van der Waals surface area contributed by atoms with E-state index in [0.717, 1.165) is 6.04 Å². The Morgan fingerprint density at radius 3 is 2.27 bits per heavy atom. The predicted octanol–water partition coefficient (Wildman–Crippen LogP) is 4.27. The molecule has 0 bridgehead atoms. The van der Waals surface area contributed by atoms with Crippen LogP contribution in [-0.2, 0) is 0 Å². The first-order chi connectivity index (χ1) is 7.43. The fourth-order valence-corrected chi connectivity index (χ4v) is 2.52. The molecule has 0 aromatic heterocycles. The first-order valence-corrected chi connectivity index (χ1v) is 7.17. The highest BCUT2D eigenvalue weighted by atomic mass is 14.9. The normalized spacial score (nSPS) is 18.2. The van der Waals surface area contributed by atoms with E-state index in [2.05, 4.69) is 12.2 Å². The fourth-order valence-electron chi connectivity index (χ4n) is 2.52. The van der Waals surface area contributed by atoms with Gasteiger partial charge in [-0.05, 0) is 25.8 Å². The van der Waals surface area contributed by atoms with E-state index in [1.165, 1.54) is 77.2 Å². The molecular weight excluding hydrogens is 182 g/mol. The molecule has 0 radical (unpaired) electrons. The fraction of sp³-hybridized carbons (Fsp3) is 1.00. The van der Waals surface area contributed by atoms with Crippen LogP contribution in [0, 0.1) is 0 Å². The molecule has 15 heavy (non-hydrogen) atoms. The number of rotatable bonds is 8. The lowest BCUT2D eigenvalue weighted by Gasteiger charge is -2.22. The molecule has 0 unspecified atom stereocenters. The van der Waals surface area contributed by atoms with Crippen LogP contribution in [0.15, 0.2) is 0 Å². The van der Waals surface area contributed by atoms with Crippen LogP contribution >= 0.6 is 0 Å². The molecule has 90 valence electrons. The second-order valence-corrected chi connectivity index (χ2v) is 5.06. The van der Waals surface area contributed by atoms with Crippen molar-refractivity contribution in [2.45, 2.75) is 83.6 Å². The highest BCUT2D eigenvalue weighted by Gasteiger charge is 2.11. The van der Waals surface area contributed by atoms with Gasteiger partial charge in [0.25, 0.3) is 0 Å². The Morgan fingerprint density at radius 1 is 0.867 bits per heavy atom. The van der Waals surface area contributed by atoms with Gasteiger partial charge in [-0.3, -0.25) is 0 Å². The van der Waals surface area contributed by atoms with Gasteiger partial charge in [-0.2, -0.15) is 0 Å². The van der Waals surface area contributed by atoms with Crippen molar-refractivity contribution < 1.29 is 0 Å². The maximum atomic E-state index is 3.71. The summed E-state index contributed by atoms with van der Waals surface area (Å²) in [4.78, 5) is 0. The number of hydrogen-bond donors (Lipinski definition) is 1. The van der Waals surface area contributed by atoms with E-state index in [-0.39, 0.29) is 0 Å². The van der Waals surface area contributed by atoms with E-state index in [0.29, 0.717) is 0 Å². The predicted molar refractivity (Wildman–Crippen MR) is 68.3 cm³/mol. The lowest BCUT2D eigenvalue weighted by Crippen LogP contribution is -2.31. The van der Waals surface area contributed by atoms with Crippen LogP contribution in [0.2, 0.25) is 0 Å². The summed E-state index contributed by atoms with van der Waals surface area (Å²) in [5.74, 6) is 0. The van der Waals surface area contributed by atoms with Crippen molar-refractivity contribution in [3.05, 3.63) is 0 Å². The summed E-state index contributed by atoms with van der Waals surface area (Å²) in [5.41, 5.74) is 0. The largest absolute Gasteiger partial charge is 0.314 e. The lowest BCUT2D eigenvalue weighted by atomic mass is 9.95. The van der Waals surface area contributed by atoms with Gasteiger partial charge in [0, 0.05) is 6.04 Å². The van der Waals surface area contributed by atoms with Crippen LogP contribution < -0.4 is 5.32 Å². The molecule has 1 aliphatic carbocycles. The molecule has 0 amide bonds. The molecule has 1 N–H and O–H groups in total. The zero-order valence-corrected chi connectivity index (χ0v) is 10.6. The van der Waals surface area contributed by atoms with Crippen LogP contribution in [-0.4, -0.2) is 12.6 Å². The molecule has 1 rings (SSSR count). The molecule has 1 heteroatoms. The second kappa shape index (κ2) is 9.21. The Kier molecular flexibility index (Phi) is 7.99. The van der Waals surface area contributed by atoms with Crippen LogP contribution in [0.25, 0.3) is 0 Å². The Balaban J connectivity index is 1.79. The Labute approximate surface area is 96.0 Å². The quantitative estimate of drug-likeness (QED) is 0.591. The summed E-state index contributed by atoms with van der Waals surface area (Å²) < 4.78 is 0. The van der Waals surface area contributed by atoms with Crippen molar-refractivity contribution in [2.24, 2.45) is 0 Å². The minimum absolute atomic E-state index is 0.856. The SMILES string of the molecule is CCCCCCCCNC1CCCCC1. The average molecular weight is 211 g/mol. The van der Waals surface area contributed by atoms with Gasteiger partial charge in [-0.15, -0.1) is 0 Å². The van der Waals surface area contributed by atoms with Crippen molar-refractivity contribution in [3.8, 4) is 0 Å². The van der Waals surface area contributed by atoms with Gasteiger partial charge in [-0.25, -0.2) is 0 Å². The molecule has 1 aliphatic rings. The summed E-state index contributed by atoms with van der Waals surface area (Å²) >= 11 is 0. The summed E-state index contributed by atoms with van der Waals surface area (Å²) in [6.45, 7) is 3.54. The van der Waals surface area contributed by atoms with Crippen molar-refractivity contribution in [3.63, 3.8) is 0 Å². The van der Waals surface area contributed by atoms with Crippen molar-refractivity contribution in [1.29, 1.82) is 0 Å². The molecule has 0 spiro atoms. The third kappa shape index (κ3) is 6.94. The van der Waals surface area contributed by atoms with Gasteiger partial charge in [0.05, 0.1) is 0 Å².